The number of hydrogen-bond donors (Lipinski definition) is 2. The molecule has 1 aliphatic rings. The number of halogens is 2. The highest BCUT2D eigenvalue weighted by atomic mass is 35.5. The van der Waals surface area contributed by atoms with Gasteiger partial charge in [0.1, 0.15) is 0 Å². The van der Waals surface area contributed by atoms with Gasteiger partial charge in [0.2, 0.25) is 5.91 Å². The maximum absolute atomic E-state index is 12.2. The van der Waals surface area contributed by atoms with Crippen molar-refractivity contribution in [3.8, 4) is 0 Å². The van der Waals surface area contributed by atoms with Crippen LogP contribution in [-0.2, 0) is 22.5 Å². The van der Waals surface area contributed by atoms with Crippen LogP contribution in [0.1, 0.15) is 42.3 Å². The second-order valence-corrected chi connectivity index (χ2v) is 9.40. The van der Waals surface area contributed by atoms with Crippen LogP contribution >= 0.6 is 23.2 Å². The zero-order chi connectivity index (χ0) is 26.5. The minimum Gasteiger partial charge on any atom is -0.478 e. The number of hydrogen-bond acceptors (Lipinski definition) is 5. The molecule has 0 radical (unpaired) electrons. The highest BCUT2D eigenvalue weighted by Crippen LogP contribution is 2.23. The minimum absolute atomic E-state index is 0.110. The predicted octanol–water partition coefficient (Wildman–Crippen LogP) is 4.60. The number of rotatable bonds is 10. The van der Waals surface area contributed by atoms with Gasteiger partial charge in [0, 0.05) is 26.2 Å². The summed E-state index contributed by atoms with van der Waals surface area (Å²) < 4.78 is 5.76. The molecule has 3 rings (SSSR count). The maximum atomic E-state index is 12.2. The van der Waals surface area contributed by atoms with Crippen LogP contribution in [0.4, 0.5) is 0 Å². The van der Waals surface area contributed by atoms with Gasteiger partial charge >= 0.3 is 5.97 Å². The van der Waals surface area contributed by atoms with E-state index in [0.29, 0.717) is 35.3 Å². The third kappa shape index (κ3) is 10.4. The molecule has 1 atom stereocenters. The Hall–Kier alpha value is -2.16. The van der Waals surface area contributed by atoms with Gasteiger partial charge in [-0.1, -0.05) is 62.2 Å². The van der Waals surface area contributed by atoms with Crippen molar-refractivity contribution in [2.45, 2.75) is 39.8 Å². The van der Waals surface area contributed by atoms with Crippen molar-refractivity contribution in [1.82, 2.24) is 15.1 Å². The topological polar surface area (TPSA) is 82.1 Å². The van der Waals surface area contributed by atoms with Crippen molar-refractivity contribution in [3.63, 3.8) is 0 Å². The van der Waals surface area contributed by atoms with Crippen molar-refractivity contribution < 1.29 is 19.4 Å². The summed E-state index contributed by atoms with van der Waals surface area (Å²) in [5.41, 5.74) is 1.90. The molecule has 1 amide bonds. The number of carboxylic acid groups (broad SMARTS) is 1. The Morgan fingerprint density at radius 2 is 1.78 bits per heavy atom. The van der Waals surface area contributed by atoms with E-state index in [2.05, 4.69) is 35.9 Å². The van der Waals surface area contributed by atoms with Crippen LogP contribution < -0.4 is 5.32 Å². The molecular formula is C27H37Cl2N3O4. The summed E-state index contributed by atoms with van der Waals surface area (Å²) in [5, 5.41) is 13.0. The van der Waals surface area contributed by atoms with E-state index in [1.165, 1.54) is 31.8 Å². The van der Waals surface area contributed by atoms with Gasteiger partial charge < -0.3 is 20.1 Å². The Morgan fingerprint density at radius 1 is 1.06 bits per heavy atom. The Labute approximate surface area is 224 Å². The number of carboxylic acids is 1. The van der Waals surface area contributed by atoms with Crippen LogP contribution in [0, 0.1) is 0 Å². The van der Waals surface area contributed by atoms with Gasteiger partial charge in [-0.25, -0.2) is 4.79 Å². The molecule has 0 aliphatic carbocycles. The lowest BCUT2D eigenvalue weighted by Gasteiger charge is -2.33. The van der Waals surface area contributed by atoms with Crippen molar-refractivity contribution in [1.29, 1.82) is 0 Å². The van der Waals surface area contributed by atoms with Crippen LogP contribution in [0.5, 0.6) is 0 Å². The molecule has 1 saturated heterocycles. The second-order valence-electron chi connectivity index (χ2n) is 8.58. The first-order valence-electron chi connectivity index (χ1n) is 12.3. The summed E-state index contributed by atoms with van der Waals surface area (Å²) in [7, 11) is 0. The van der Waals surface area contributed by atoms with Gasteiger partial charge in [-0.2, -0.15) is 0 Å². The van der Waals surface area contributed by atoms with Gasteiger partial charge in [0.05, 0.1) is 34.7 Å². The molecule has 2 N–H and O–H groups in total. The number of carbonyl (C=O) groups is 2. The average Bonchev–Trinajstić information content (AvgIpc) is 2.87. The fraction of sp³-hybridized carbons (Fsp3) is 0.481. The van der Waals surface area contributed by atoms with E-state index < -0.39 is 5.97 Å². The molecule has 2 aromatic carbocycles. The molecule has 1 unspecified atom stereocenters. The number of aromatic carboxylic acids is 1. The monoisotopic (exact) mass is 537 g/mol. The third-order valence-corrected chi connectivity index (χ3v) is 6.76. The van der Waals surface area contributed by atoms with Gasteiger partial charge in [-0.3, -0.25) is 9.69 Å². The van der Waals surface area contributed by atoms with Crippen molar-refractivity contribution in [2.24, 2.45) is 0 Å². The molecule has 0 bridgehead atoms. The maximum Gasteiger partial charge on any atom is 0.335 e. The zero-order valence-electron chi connectivity index (χ0n) is 21.3. The molecule has 2 aromatic rings. The molecule has 1 aliphatic heterocycles. The van der Waals surface area contributed by atoms with E-state index in [9.17, 15) is 9.59 Å². The number of nitrogens with zero attached hydrogens (tertiary/aromatic N) is 2. The molecule has 198 valence electrons. The summed E-state index contributed by atoms with van der Waals surface area (Å²) in [6.07, 6.45) is 0.0155. The Morgan fingerprint density at radius 3 is 2.39 bits per heavy atom. The summed E-state index contributed by atoms with van der Waals surface area (Å²) >= 11 is 12.0. The normalized spacial score (nSPS) is 15.8. The molecule has 36 heavy (non-hydrogen) atoms. The van der Waals surface area contributed by atoms with E-state index in [1.54, 1.807) is 18.2 Å². The van der Waals surface area contributed by atoms with E-state index in [1.807, 2.05) is 12.1 Å². The fourth-order valence-electron chi connectivity index (χ4n) is 3.90. The predicted molar refractivity (Wildman–Crippen MR) is 145 cm³/mol. The third-order valence-electron chi connectivity index (χ3n) is 6.02. The summed E-state index contributed by atoms with van der Waals surface area (Å²) in [6.45, 7) is 13.3. The number of carbonyl (C=O) groups excluding carboxylic acids is 1. The molecule has 0 spiro atoms. The van der Waals surface area contributed by atoms with E-state index in [0.717, 1.165) is 18.7 Å². The van der Waals surface area contributed by atoms with E-state index in [-0.39, 0.29) is 24.0 Å². The minimum atomic E-state index is -1.01. The Bertz CT molecular complexity index is 980. The summed E-state index contributed by atoms with van der Waals surface area (Å²) in [4.78, 5) is 27.9. The standard InChI is InChI=1S/C21H22Cl2N2O4.C6H15N/c22-18-5-4-15(9-19(18)23)12-25-6-7-29-17(13-25)11-24-20(26)10-14-2-1-3-16(8-14)21(27)28;1-4-7(5-2)6-3/h1-5,8-9,17H,6-7,10-13H2,(H,24,26)(H,27,28);4-6H2,1-3H3. The molecule has 7 nitrogen and oxygen atoms in total. The number of morpholine rings is 1. The average molecular weight is 539 g/mol. The first-order valence-corrected chi connectivity index (χ1v) is 13.1. The van der Waals surface area contributed by atoms with Crippen molar-refractivity contribution in [2.75, 3.05) is 45.9 Å². The lowest BCUT2D eigenvalue weighted by Crippen LogP contribution is -2.47. The van der Waals surface area contributed by atoms with Crippen molar-refractivity contribution >= 4 is 35.1 Å². The molecule has 1 heterocycles. The number of ether oxygens (including phenoxy) is 1. The largest absolute Gasteiger partial charge is 0.478 e. The van der Waals surface area contributed by atoms with Crippen LogP contribution in [-0.4, -0.2) is 78.8 Å². The molecular weight excluding hydrogens is 501 g/mol. The molecule has 9 heteroatoms. The van der Waals surface area contributed by atoms with Gasteiger partial charge in [-0.05, 0) is 55.0 Å². The highest BCUT2D eigenvalue weighted by Gasteiger charge is 2.21. The number of amides is 1. The van der Waals surface area contributed by atoms with Gasteiger partial charge in [0.25, 0.3) is 0 Å². The summed E-state index contributed by atoms with van der Waals surface area (Å²) in [6, 6.07) is 12.0. The van der Waals surface area contributed by atoms with E-state index >= 15 is 0 Å². The lowest BCUT2D eigenvalue weighted by atomic mass is 10.1. The first kappa shape index (κ1) is 30.1. The smallest absolute Gasteiger partial charge is 0.335 e. The first-order chi connectivity index (χ1) is 17.2. The van der Waals surface area contributed by atoms with E-state index in [4.69, 9.17) is 33.0 Å². The van der Waals surface area contributed by atoms with Crippen LogP contribution in [0.15, 0.2) is 42.5 Å². The lowest BCUT2D eigenvalue weighted by molar-refractivity contribution is -0.121. The van der Waals surface area contributed by atoms with Gasteiger partial charge in [-0.15, -0.1) is 0 Å². The summed E-state index contributed by atoms with van der Waals surface area (Å²) in [5.74, 6) is -1.18. The van der Waals surface area contributed by atoms with Crippen LogP contribution in [0.25, 0.3) is 0 Å². The Balaban J connectivity index is 0.000000572. The Kier molecular flexibility index (Phi) is 13.2. The number of nitrogens with one attached hydrogen (secondary N) is 1. The van der Waals surface area contributed by atoms with Gasteiger partial charge in [0.15, 0.2) is 0 Å². The fourth-order valence-corrected chi connectivity index (χ4v) is 4.23. The molecule has 0 saturated carbocycles. The number of benzene rings is 2. The molecule has 1 fully saturated rings. The zero-order valence-corrected chi connectivity index (χ0v) is 22.8. The quantitative estimate of drug-likeness (QED) is 0.460. The van der Waals surface area contributed by atoms with Crippen LogP contribution in [0.3, 0.4) is 0 Å². The molecule has 0 aromatic heterocycles. The van der Waals surface area contributed by atoms with Crippen molar-refractivity contribution in [3.05, 3.63) is 69.2 Å². The highest BCUT2D eigenvalue weighted by molar-refractivity contribution is 6.42. The SMILES string of the molecule is CCN(CC)CC.O=C(Cc1cccc(C(=O)O)c1)NCC1CN(Cc2ccc(Cl)c(Cl)c2)CCO1. The van der Waals surface area contributed by atoms with Crippen LogP contribution in [0.2, 0.25) is 10.0 Å². The second kappa shape index (κ2) is 15.8.